The Labute approximate surface area is 131 Å². The molecule has 0 aromatic heterocycles. The van der Waals surface area contributed by atoms with Gasteiger partial charge in [0.15, 0.2) is 0 Å². The summed E-state index contributed by atoms with van der Waals surface area (Å²) < 4.78 is 0. The summed E-state index contributed by atoms with van der Waals surface area (Å²) in [7, 11) is 0. The molecule has 2 heteroatoms. The van der Waals surface area contributed by atoms with Gasteiger partial charge in [-0.2, -0.15) is 0 Å². The van der Waals surface area contributed by atoms with Crippen LogP contribution in [0.4, 0.5) is 0 Å². The predicted molar refractivity (Wildman–Crippen MR) is 89.1 cm³/mol. The van der Waals surface area contributed by atoms with E-state index in [1.807, 2.05) is 0 Å². The van der Waals surface area contributed by atoms with Gasteiger partial charge in [-0.25, -0.2) is 0 Å². The molecule has 4 atom stereocenters. The van der Waals surface area contributed by atoms with E-state index in [9.17, 15) is 4.79 Å². The van der Waals surface area contributed by atoms with Crippen LogP contribution in [0.5, 0.6) is 0 Å². The summed E-state index contributed by atoms with van der Waals surface area (Å²) in [5.41, 5.74) is 0. The number of unbranched alkanes of at least 4 members (excludes halogenated alkanes) is 1. The van der Waals surface area contributed by atoms with Crippen molar-refractivity contribution < 1.29 is 4.79 Å². The monoisotopic (exact) mass is 293 g/mol. The van der Waals surface area contributed by atoms with Crippen molar-refractivity contribution in [2.75, 3.05) is 6.54 Å². The quantitative estimate of drug-likeness (QED) is 0.709. The topological polar surface area (TPSA) is 29.1 Å². The zero-order valence-corrected chi connectivity index (χ0v) is 14.2. The van der Waals surface area contributed by atoms with E-state index in [0.29, 0.717) is 6.42 Å². The minimum atomic E-state index is 0.263. The fraction of sp³-hybridized carbons (Fsp3) is 0.947. The first kappa shape index (κ1) is 16.8. The minimum absolute atomic E-state index is 0.263. The molecule has 0 aromatic carbocycles. The van der Waals surface area contributed by atoms with Crippen molar-refractivity contribution in [2.24, 2.45) is 23.7 Å². The van der Waals surface area contributed by atoms with Gasteiger partial charge in [-0.05, 0) is 49.4 Å². The van der Waals surface area contributed by atoms with Crippen LogP contribution in [0.15, 0.2) is 0 Å². The molecule has 4 unspecified atom stereocenters. The van der Waals surface area contributed by atoms with E-state index in [1.165, 1.54) is 51.4 Å². The Morgan fingerprint density at radius 1 is 1.14 bits per heavy atom. The fourth-order valence-electron chi connectivity index (χ4n) is 4.70. The van der Waals surface area contributed by atoms with E-state index in [2.05, 4.69) is 19.2 Å². The highest BCUT2D eigenvalue weighted by molar-refractivity contribution is 5.75. The van der Waals surface area contributed by atoms with Gasteiger partial charge >= 0.3 is 0 Å². The van der Waals surface area contributed by atoms with E-state index in [0.717, 1.165) is 43.1 Å². The molecular formula is C19H35NO. The van der Waals surface area contributed by atoms with Crippen LogP contribution in [0.3, 0.4) is 0 Å². The van der Waals surface area contributed by atoms with Crippen LogP contribution in [0.1, 0.15) is 84.5 Å². The molecule has 21 heavy (non-hydrogen) atoms. The van der Waals surface area contributed by atoms with Gasteiger partial charge in [0.1, 0.15) is 0 Å². The number of amides is 1. The third-order valence-electron chi connectivity index (χ3n) is 6.08. The van der Waals surface area contributed by atoms with Crippen molar-refractivity contribution in [1.29, 1.82) is 0 Å². The molecule has 2 rings (SSSR count). The lowest BCUT2D eigenvalue weighted by molar-refractivity contribution is -0.121. The van der Waals surface area contributed by atoms with Gasteiger partial charge in [0.05, 0.1) is 0 Å². The van der Waals surface area contributed by atoms with Crippen LogP contribution < -0.4 is 5.32 Å². The van der Waals surface area contributed by atoms with E-state index < -0.39 is 0 Å². The van der Waals surface area contributed by atoms with Gasteiger partial charge in [0.2, 0.25) is 5.91 Å². The molecule has 122 valence electrons. The molecule has 0 spiro atoms. The summed E-state index contributed by atoms with van der Waals surface area (Å²) in [5, 5.41) is 3.15. The molecule has 2 saturated carbocycles. The van der Waals surface area contributed by atoms with Gasteiger partial charge in [0, 0.05) is 13.0 Å². The lowest BCUT2D eigenvalue weighted by atomic mass is 9.62. The second-order valence-electron chi connectivity index (χ2n) is 7.44. The number of fused-ring (bicyclic) bond motifs is 1. The lowest BCUT2D eigenvalue weighted by Gasteiger charge is -2.44. The van der Waals surface area contributed by atoms with Crippen molar-refractivity contribution in [3.8, 4) is 0 Å². The van der Waals surface area contributed by atoms with E-state index >= 15 is 0 Å². The van der Waals surface area contributed by atoms with Gasteiger partial charge in [-0.15, -0.1) is 0 Å². The first-order valence-electron chi connectivity index (χ1n) is 9.51. The highest BCUT2D eigenvalue weighted by Gasteiger charge is 2.37. The number of rotatable bonds is 7. The highest BCUT2D eigenvalue weighted by atomic mass is 16.1. The van der Waals surface area contributed by atoms with E-state index in [-0.39, 0.29) is 5.91 Å². The third-order valence-corrected chi connectivity index (χ3v) is 6.08. The summed E-state index contributed by atoms with van der Waals surface area (Å²) in [5.74, 6) is 4.09. The van der Waals surface area contributed by atoms with E-state index in [1.54, 1.807) is 0 Å². The molecule has 2 aliphatic rings. The second-order valence-corrected chi connectivity index (χ2v) is 7.44. The number of hydrogen-bond acceptors (Lipinski definition) is 1. The van der Waals surface area contributed by atoms with Crippen LogP contribution in [-0.4, -0.2) is 12.5 Å². The number of carbonyl (C=O) groups is 1. The van der Waals surface area contributed by atoms with Crippen molar-refractivity contribution >= 4 is 5.91 Å². The average molecular weight is 293 g/mol. The Morgan fingerprint density at radius 2 is 2.00 bits per heavy atom. The molecule has 2 aliphatic carbocycles. The molecular weight excluding hydrogens is 258 g/mol. The summed E-state index contributed by atoms with van der Waals surface area (Å²) in [6.45, 7) is 5.41. The van der Waals surface area contributed by atoms with Gasteiger partial charge < -0.3 is 5.32 Å². The summed E-state index contributed by atoms with van der Waals surface area (Å²) in [6.07, 6.45) is 14.1. The number of nitrogens with one attached hydrogen (secondary N) is 1. The second kappa shape index (κ2) is 8.80. The maximum atomic E-state index is 11.7. The van der Waals surface area contributed by atoms with E-state index in [4.69, 9.17) is 0 Å². The maximum absolute atomic E-state index is 11.7. The fourth-order valence-corrected chi connectivity index (χ4v) is 4.70. The van der Waals surface area contributed by atoms with Crippen LogP contribution in [0, 0.1) is 23.7 Å². The van der Waals surface area contributed by atoms with Crippen LogP contribution in [-0.2, 0) is 4.79 Å². The Bertz CT molecular complexity index is 315. The maximum Gasteiger partial charge on any atom is 0.219 e. The molecule has 0 aromatic rings. The first-order chi connectivity index (χ1) is 10.2. The summed E-state index contributed by atoms with van der Waals surface area (Å²) in [4.78, 5) is 11.7. The molecule has 1 N–H and O–H groups in total. The lowest BCUT2D eigenvalue weighted by Crippen LogP contribution is -2.36. The average Bonchev–Trinajstić information content (AvgIpc) is 2.52. The largest absolute Gasteiger partial charge is 0.356 e. The van der Waals surface area contributed by atoms with Crippen LogP contribution in [0.2, 0.25) is 0 Å². The van der Waals surface area contributed by atoms with Crippen molar-refractivity contribution in [2.45, 2.75) is 84.5 Å². The Kier molecular flexibility index (Phi) is 7.06. The Hall–Kier alpha value is -0.530. The normalized spacial score (nSPS) is 32.5. The molecule has 0 radical (unpaired) electrons. The highest BCUT2D eigenvalue weighted by Crippen LogP contribution is 2.47. The molecule has 0 bridgehead atoms. The van der Waals surface area contributed by atoms with Crippen LogP contribution >= 0.6 is 0 Å². The zero-order chi connectivity index (χ0) is 15.1. The molecule has 0 saturated heterocycles. The Balaban J connectivity index is 1.74. The number of hydrogen-bond donors (Lipinski definition) is 1. The van der Waals surface area contributed by atoms with Gasteiger partial charge in [0.25, 0.3) is 0 Å². The Morgan fingerprint density at radius 3 is 2.76 bits per heavy atom. The SMILES string of the molecule is CCCCC(=O)NCCC1CCCC2CCC(CC)CC12. The standard InChI is InChI=1S/C19H35NO/c1-3-5-9-19(21)20-13-12-17-8-6-7-16-11-10-15(4-2)14-18(16)17/h15-18H,3-14H2,1-2H3,(H,20,21). The smallest absolute Gasteiger partial charge is 0.219 e. The zero-order valence-electron chi connectivity index (χ0n) is 14.2. The molecule has 2 fully saturated rings. The molecule has 0 heterocycles. The van der Waals surface area contributed by atoms with Gasteiger partial charge in [-0.3, -0.25) is 4.79 Å². The third kappa shape index (κ3) is 5.00. The van der Waals surface area contributed by atoms with Crippen molar-refractivity contribution in [3.63, 3.8) is 0 Å². The number of carbonyl (C=O) groups excluding carboxylic acids is 1. The van der Waals surface area contributed by atoms with Gasteiger partial charge in [-0.1, -0.05) is 52.4 Å². The molecule has 2 nitrogen and oxygen atoms in total. The first-order valence-corrected chi connectivity index (χ1v) is 9.51. The van der Waals surface area contributed by atoms with Crippen molar-refractivity contribution in [3.05, 3.63) is 0 Å². The van der Waals surface area contributed by atoms with Crippen molar-refractivity contribution in [1.82, 2.24) is 5.32 Å². The summed E-state index contributed by atoms with van der Waals surface area (Å²) >= 11 is 0. The summed E-state index contributed by atoms with van der Waals surface area (Å²) in [6, 6.07) is 0. The molecule has 1 amide bonds. The molecule has 0 aliphatic heterocycles. The predicted octanol–water partition coefficient (Wildman–Crippen LogP) is 4.93. The van der Waals surface area contributed by atoms with Crippen LogP contribution in [0.25, 0.3) is 0 Å². The minimum Gasteiger partial charge on any atom is -0.356 e.